The molecule has 33 heavy (non-hydrogen) atoms. The molecule has 0 radical (unpaired) electrons. The first kappa shape index (κ1) is 24.2. The highest BCUT2D eigenvalue weighted by atomic mass is 16.6. The molecule has 3 aliphatic carbocycles. The molecule has 3 fully saturated rings. The number of Topliss-reactive ketones (excluding diaryl/α,β-unsaturated/α-hetero) is 1. The van der Waals surface area contributed by atoms with Gasteiger partial charge in [0, 0.05) is 16.2 Å². The smallest absolute Gasteiger partial charge is 0.320 e. The van der Waals surface area contributed by atoms with Crippen molar-refractivity contribution in [3.05, 3.63) is 46.6 Å². The number of carbonyl (C=O) groups is 2. The van der Waals surface area contributed by atoms with Crippen molar-refractivity contribution in [1.82, 2.24) is 0 Å². The summed E-state index contributed by atoms with van der Waals surface area (Å²) in [6.45, 7) is 20.5. The van der Waals surface area contributed by atoms with Crippen molar-refractivity contribution in [2.75, 3.05) is 0 Å². The van der Waals surface area contributed by atoms with Crippen molar-refractivity contribution >= 4 is 11.8 Å². The van der Waals surface area contributed by atoms with Crippen LogP contribution in [0.25, 0.3) is 0 Å². The molecule has 4 rings (SSSR count). The van der Waals surface area contributed by atoms with Gasteiger partial charge < -0.3 is 9.84 Å². The molecule has 4 aliphatic rings. The summed E-state index contributed by atoms with van der Waals surface area (Å²) in [7, 11) is 0. The maximum Gasteiger partial charge on any atom is 0.320 e. The Morgan fingerprint density at radius 2 is 1.76 bits per heavy atom. The van der Waals surface area contributed by atoms with E-state index in [0.29, 0.717) is 0 Å². The molecule has 0 amide bonds. The molecule has 180 valence electrons. The molecule has 9 atom stereocenters. The van der Waals surface area contributed by atoms with Gasteiger partial charge in [0.15, 0.2) is 5.78 Å². The minimum Gasteiger partial charge on any atom is -0.460 e. The highest BCUT2D eigenvalue weighted by molar-refractivity contribution is 6.10. The Bertz CT molecular complexity index is 1060. The summed E-state index contributed by atoms with van der Waals surface area (Å²) in [6, 6.07) is 0. The van der Waals surface area contributed by atoms with E-state index in [0.717, 1.165) is 11.1 Å². The van der Waals surface area contributed by atoms with E-state index in [4.69, 9.17) is 4.74 Å². The molecule has 0 spiro atoms. The average Bonchev–Trinajstić information content (AvgIpc) is 2.97. The van der Waals surface area contributed by atoms with Crippen molar-refractivity contribution in [3.63, 3.8) is 0 Å². The second-order valence-electron chi connectivity index (χ2n) is 12.1. The van der Waals surface area contributed by atoms with Gasteiger partial charge in [-0.05, 0) is 59.0 Å². The van der Waals surface area contributed by atoms with Gasteiger partial charge in [0.25, 0.3) is 0 Å². The number of ether oxygens (including phenoxy) is 1. The van der Waals surface area contributed by atoms with Gasteiger partial charge in [-0.3, -0.25) is 9.59 Å². The molecule has 1 saturated heterocycles. The third kappa shape index (κ3) is 2.62. The fourth-order valence-electron chi connectivity index (χ4n) is 8.87. The van der Waals surface area contributed by atoms with Crippen LogP contribution in [0, 0.1) is 39.4 Å². The first-order chi connectivity index (χ1) is 15.1. The number of hydrogen-bond donors (Lipinski definition) is 1. The van der Waals surface area contributed by atoms with Crippen LogP contribution >= 0.6 is 0 Å². The Balaban J connectivity index is 1.87. The monoisotopic (exact) mass is 452 g/mol. The lowest BCUT2D eigenvalue weighted by Gasteiger charge is -2.69. The average molecular weight is 453 g/mol. The molecule has 4 heteroatoms. The van der Waals surface area contributed by atoms with Gasteiger partial charge in [0.1, 0.15) is 11.5 Å². The first-order valence-corrected chi connectivity index (χ1v) is 12.3. The van der Waals surface area contributed by atoms with Gasteiger partial charge in [0.05, 0.1) is 12.0 Å². The number of aliphatic hydroxyl groups excluding tert-OH is 1. The number of hydrogen-bond acceptors (Lipinski definition) is 4. The van der Waals surface area contributed by atoms with E-state index in [9.17, 15) is 14.7 Å². The summed E-state index contributed by atoms with van der Waals surface area (Å²) in [6.07, 6.45) is 7.71. The summed E-state index contributed by atoms with van der Waals surface area (Å²) < 4.78 is 5.73. The highest BCUT2D eigenvalue weighted by Gasteiger charge is 2.75. The van der Waals surface area contributed by atoms with Crippen LogP contribution in [0.2, 0.25) is 0 Å². The van der Waals surface area contributed by atoms with E-state index >= 15 is 0 Å². The van der Waals surface area contributed by atoms with Crippen molar-refractivity contribution < 1.29 is 19.4 Å². The van der Waals surface area contributed by atoms with Crippen molar-refractivity contribution in [2.45, 2.75) is 81.4 Å². The zero-order valence-corrected chi connectivity index (χ0v) is 21.9. The Kier molecular flexibility index (Phi) is 5.16. The molecule has 0 aromatic carbocycles. The Labute approximate surface area is 198 Å². The Hall–Kier alpha value is -1.94. The van der Waals surface area contributed by atoms with Crippen LogP contribution in [0.5, 0.6) is 0 Å². The third-order valence-electron chi connectivity index (χ3n) is 10.1. The quantitative estimate of drug-likeness (QED) is 0.343. The number of esters is 1. The van der Waals surface area contributed by atoms with E-state index in [1.807, 2.05) is 33.8 Å². The molecule has 2 saturated carbocycles. The van der Waals surface area contributed by atoms with E-state index in [2.05, 4.69) is 52.8 Å². The van der Waals surface area contributed by atoms with Crippen LogP contribution in [-0.4, -0.2) is 29.1 Å². The Morgan fingerprint density at radius 1 is 1.15 bits per heavy atom. The number of ketones is 1. The molecule has 4 nitrogen and oxygen atoms in total. The van der Waals surface area contributed by atoms with Crippen molar-refractivity contribution in [3.8, 4) is 0 Å². The van der Waals surface area contributed by atoms with Crippen LogP contribution in [0.15, 0.2) is 46.6 Å². The van der Waals surface area contributed by atoms with Gasteiger partial charge >= 0.3 is 5.97 Å². The lowest BCUT2D eigenvalue weighted by atomic mass is 9.34. The minimum absolute atomic E-state index is 0.0206. The largest absolute Gasteiger partial charge is 0.460 e. The lowest BCUT2D eigenvalue weighted by Crippen LogP contribution is -2.67. The Morgan fingerprint density at radius 3 is 2.30 bits per heavy atom. The fraction of sp³-hybridized carbons (Fsp3) is 0.655. The minimum atomic E-state index is -1.16. The summed E-state index contributed by atoms with van der Waals surface area (Å²) in [5, 5.41) is 11.6. The normalized spacial score (nSPS) is 48.1. The number of fused-ring (bicyclic) bond motifs is 3. The fourth-order valence-corrected chi connectivity index (χ4v) is 8.87. The van der Waals surface area contributed by atoms with E-state index < -0.39 is 34.4 Å². The molecule has 2 bridgehead atoms. The molecular weight excluding hydrogens is 412 g/mol. The zero-order valence-electron chi connectivity index (χ0n) is 21.9. The van der Waals surface area contributed by atoms with Crippen LogP contribution < -0.4 is 0 Å². The van der Waals surface area contributed by atoms with Crippen LogP contribution in [0.1, 0.15) is 69.2 Å². The summed E-state index contributed by atoms with van der Waals surface area (Å²) in [4.78, 5) is 25.9. The zero-order chi connectivity index (χ0) is 24.9. The standard InChI is InChI=1S/C29H40O4/c1-11-16(3)22(30)28(9)20-17(4)12-15(2)13-26(20,7)21(28)18(5)14-27(8)24-19(6)23(31)29(27,10)25(32)33-24/h11-14,19-22,24,30H,1-10H3/b16-11+,18-14+/t19-,20-,21+,22+,24-,26+,27+,28+,29-/m0/s1. The lowest BCUT2D eigenvalue weighted by molar-refractivity contribution is -0.169. The predicted molar refractivity (Wildman–Crippen MR) is 130 cm³/mol. The maximum atomic E-state index is 13.1. The summed E-state index contributed by atoms with van der Waals surface area (Å²) in [5.74, 6) is -0.475. The predicted octanol–water partition coefficient (Wildman–Crippen LogP) is 5.58. The van der Waals surface area contributed by atoms with Crippen LogP contribution in [-0.2, 0) is 14.3 Å². The van der Waals surface area contributed by atoms with E-state index in [-0.39, 0.29) is 29.0 Å². The second-order valence-corrected chi connectivity index (χ2v) is 12.1. The first-order valence-electron chi connectivity index (χ1n) is 12.3. The van der Waals surface area contributed by atoms with Gasteiger partial charge in [-0.2, -0.15) is 0 Å². The topological polar surface area (TPSA) is 63.6 Å². The SMILES string of the molecule is C/C=C(\C)[C@@H](O)[C@@]1(C)[C@H](/C(C)=C/[C@]2(C)[C@H]3OC(=O)[C@]2(C)C(=O)[C@@H]3C)[C@]2(C)C=C(C)C=C(C)[C@@H]21. The number of allylic oxidation sites excluding steroid dienone is 6. The maximum absolute atomic E-state index is 13.1. The summed E-state index contributed by atoms with van der Waals surface area (Å²) >= 11 is 0. The van der Waals surface area contributed by atoms with Crippen molar-refractivity contribution in [1.29, 1.82) is 0 Å². The molecule has 1 aliphatic heterocycles. The molecule has 1 N–H and O–H groups in total. The van der Waals surface area contributed by atoms with Gasteiger partial charge in [-0.1, -0.05) is 68.7 Å². The molecule has 1 heterocycles. The van der Waals surface area contributed by atoms with Crippen LogP contribution in [0.3, 0.4) is 0 Å². The number of rotatable bonds is 4. The molecular formula is C29H40O4. The number of aliphatic hydroxyl groups is 1. The third-order valence-corrected chi connectivity index (χ3v) is 10.1. The highest BCUT2D eigenvalue weighted by Crippen LogP contribution is 2.73. The van der Waals surface area contributed by atoms with Crippen molar-refractivity contribution in [2.24, 2.45) is 39.4 Å². The van der Waals surface area contributed by atoms with Gasteiger partial charge in [-0.25, -0.2) is 0 Å². The van der Waals surface area contributed by atoms with Crippen LogP contribution in [0.4, 0.5) is 0 Å². The molecule has 0 unspecified atom stereocenters. The second kappa shape index (κ2) is 7.04. The number of carbonyl (C=O) groups excluding carboxylic acids is 2. The van der Waals surface area contributed by atoms with Gasteiger partial charge in [0.2, 0.25) is 0 Å². The summed E-state index contributed by atoms with van der Waals surface area (Å²) in [5.41, 5.74) is 2.21. The molecule has 0 aromatic rings. The van der Waals surface area contributed by atoms with Gasteiger partial charge in [-0.15, -0.1) is 0 Å². The molecule has 0 aromatic heterocycles. The van der Waals surface area contributed by atoms with E-state index in [1.54, 1.807) is 6.92 Å². The van der Waals surface area contributed by atoms with E-state index in [1.165, 1.54) is 11.1 Å².